The highest BCUT2D eigenvalue weighted by atomic mass is 16.5. The summed E-state index contributed by atoms with van der Waals surface area (Å²) in [5.41, 5.74) is 2.37. The third kappa shape index (κ3) is 6.07. The van der Waals surface area contributed by atoms with E-state index in [0.29, 0.717) is 49.5 Å². The maximum absolute atomic E-state index is 12.2. The lowest BCUT2D eigenvalue weighted by molar-refractivity contribution is -0.135. The number of fused-ring (bicyclic) bond motifs is 1. The highest BCUT2D eigenvalue weighted by molar-refractivity contribution is 5.87. The van der Waals surface area contributed by atoms with E-state index in [2.05, 4.69) is 15.2 Å². The van der Waals surface area contributed by atoms with Crippen molar-refractivity contribution >= 4 is 22.7 Å². The fraction of sp³-hybridized carbons (Fsp3) is 0.484. The number of carbonyl (C=O) groups is 2. The molecule has 0 bridgehead atoms. The Morgan fingerprint density at radius 2 is 1.90 bits per heavy atom. The highest BCUT2D eigenvalue weighted by Gasteiger charge is 2.31. The Hall–Kier alpha value is -3.92. The summed E-state index contributed by atoms with van der Waals surface area (Å²) in [5.74, 6) is 2.25. The normalized spacial score (nSPS) is 23.5. The summed E-state index contributed by atoms with van der Waals surface area (Å²) in [6, 6.07) is 12.1. The van der Waals surface area contributed by atoms with Crippen LogP contribution in [0.15, 0.2) is 42.6 Å². The lowest BCUT2D eigenvalue weighted by Crippen LogP contribution is -2.53. The second-order valence-corrected chi connectivity index (χ2v) is 11.3. The van der Waals surface area contributed by atoms with Crippen molar-refractivity contribution in [3.05, 3.63) is 42.6 Å². The number of aromatic nitrogens is 2. The van der Waals surface area contributed by atoms with Crippen LogP contribution in [0.4, 0.5) is 0 Å². The van der Waals surface area contributed by atoms with Crippen molar-refractivity contribution < 1.29 is 23.8 Å². The molecule has 2 aromatic heterocycles. The molecule has 6 rings (SSSR count). The summed E-state index contributed by atoms with van der Waals surface area (Å²) in [6.45, 7) is 3.28. The van der Waals surface area contributed by atoms with Crippen LogP contribution in [-0.2, 0) is 9.59 Å². The van der Waals surface area contributed by atoms with Gasteiger partial charge in [-0.2, -0.15) is 0 Å². The maximum Gasteiger partial charge on any atom is 0.236 e. The minimum absolute atomic E-state index is 0.0563. The zero-order valence-electron chi connectivity index (χ0n) is 23.7. The molecule has 4 heterocycles. The van der Waals surface area contributed by atoms with Gasteiger partial charge in [-0.1, -0.05) is 0 Å². The first kappa shape index (κ1) is 27.3. The number of rotatable bonds is 8. The molecule has 3 aromatic rings. The van der Waals surface area contributed by atoms with Crippen molar-refractivity contribution in [1.82, 2.24) is 25.1 Å². The van der Waals surface area contributed by atoms with Gasteiger partial charge in [-0.3, -0.25) is 19.5 Å². The summed E-state index contributed by atoms with van der Waals surface area (Å²) in [5, 5.41) is 3.68. The number of nitrogens with zero attached hydrogens (tertiary/aromatic N) is 4. The number of benzene rings is 1. The molecule has 216 valence electrons. The van der Waals surface area contributed by atoms with Crippen LogP contribution in [0.25, 0.3) is 22.2 Å². The SMILES string of the molecule is COc1cc(-c2cc3ncccc3c(OC[C@H]3CNC(=O)C3)n2)ccc1OC1CCC(N2CCN(C)C(=O)C2)CC1. The number of amides is 2. The number of hydrogen-bond donors (Lipinski definition) is 1. The van der Waals surface area contributed by atoms with Gasteiger partial charge in [0, 0.05) is 56.8 Å². The highest BCUT2D eigenvalue weighted by Crippen LogP contribution is 2.37. The van der Waals surface area contributed by atoms with Crippen LogP contribution in [0.1, 0.15) is 32.1 Å². The number of hydrogen-bond acceptors (Lipinski definition) is 8. The van der Waals surface area contributed by atoms with Gasteiger partial charge >= 0.3 is 0 Å². The molecule has 10 heteroatoms. The molecule has 1 aromatic carbocycles. The number of ether oxygens (including phenoxy) is 3. The summed E-state index contributed by atoms with van der Waals surface area (Å²) in [6.07, 6.45) is 6.24. The van der Waals surface area contributed by atoms with Gasteiger partial charge in [0.05, 0.1) is 43.0 Å². The Kier molecular flexibility index (Phi) is 7.91. The van der Waals surface area contributed by atoms with E-state index in [1.165, 1.54) is 0 Å². The van der Waals surface area contributed by atoms with Gasteiger partial charge < -0.3 is 24.4 Å². The number of piperazine rings is 1. The molecule has 0 radical (unpaired) electrons. The number of carbonyl (C=O) groups excluding carboxylic acids is 2. The Balaban J connectivity index is 1.15. The fourth-order valence-electron chi connectivity index (χ4n) is 6.00. The predicted molar refractivity (Wildman–Crippen MR) is 154 cm³/mol. The van der Waals surface area contributed by atoms with Crippen LogP contribution in [0.5, 0.6) is 17.4 Å². The largest absolute Gasteiger partial charge is 0.493 e. The molecule has 1 saturated carbocycles. The molecule has 3 fully saturated rings. The topological polar surface area (TPSA) is 106 Å². The molecule has 41 heavy (non-hydrogen) atoms. The summed E-state index contributed by atoms with van der Waals surface area (Å²) in [4.78, 5) is 37.3. The van der Waals surface area contributed by atoms with E-state index >= 15 is 0 Å². The number of nitrogens with one attached hydrogen (secondary N) is 1. The van der Waals surface area contributed by atoms with Crippen LogP contribution in [0.2, 0.25) is 0 Å². The van der Waals surface area contributed by atoms with Gasteiger partial charge in [0.2, 0.25) is 17.7 Å². The summed E-state index contributed by atoms with van der Waals surface area (Å²) in [7, 11) is 3.52. The Morgan fingerprint density at radius 1 is 1.05 bits per heavy atom. The van der Waals surface area contributed by atoms with Crippen molar-refractivity contribution in [3.8, 4) is 28.6 Å². The first-order valence-electron chi connectivity index (χ1n) is 14.4. The minimum Gasteiger partial charge on any atom is -0.493 e. The zero-order valence-corrected chi connectivity index (χ0v) is 23.7. The Morgan fingerprint density at radius 3 is 2.66 bits per heavy atom. The Labute approximate surface area is 240 Å². The zero-order chi connectivity index (χ0) is 28.3. The van der Waals surface area contributed by atoms with E-state index in [9.17, 15) is 9.59 Å². The second kappa shape index (κ2) is 11.9. The standard InChI is InChI=1S/C31H37N5O5/c1-35-12-13-36(18-30(35)38)22-6-8-23(9-7-22)41-27-10-5-21(15-28(27)39-2)25-16-26-24(4-3-11-32-26)31(34-25)40-19-20-14-29(37)33-17-20/h3-5,10-11,15-16,20,22-23H,6-9,12-14,17-19H2,1-2H3,(H,33,37)/t20-,22?,23?/m1/s1. The molecule has 3 aliphatic rings. The molecule has 1 atom stereocenters. The van der Waals surface area contributed by atoms with Crippen LogP contribution in [0.3, 0.4) is 0 Å². The average molecular weight is 560 g/mol. The summed E-state index contributed by atoms with van der Waals surface area (Å²) >= 11 is 0. The molecule has 1 aliphatic carbocycles. The van der Waals surface area contributed by atoms with Crippen molar-refractivity contribution in [2.24, 2.45) is 5.92 Å². The van der Waals surface area contributed by atoms with Crippen LogP contribution < -0.4 is 19.5 Å². The molecular weight excluding hydrogens is 522 g/mol. The van der Waals surface area contributed by atoms with Gasteiger partial charge in [-0.05, 0) is 62.1 Å². The van der Waals surface area contributed by atoms with E-state index in [1.807, 2.05) is 48.3 Å². The van der Waals surface area contributed by atoms with Crippen LogP contribution in [0, 0.1) is 5.92 Å². The van der Waals surface area contributed by atoms with E-state index in [1.54, 1.807) is 13.3 Å². The number of likely N-dealkylation sites (N-methyl/N-ethyl adjacent to an activating group) is 1. The van der Waals surface area contributed by atoms with Crippen molar-refractivity contribution in [2.75, 3.05) is 46.9 Å². The molecule has 0 unspecified atom stereocenters. The van der Waals surface area contributed by atoms with Gasteiger partial charge in [0.15, 0.2) is 11.5 Å². The minimum atomic E-state index is 0.0563. The van der Waals surface area contributed by atoms with Crippen molar-refractivity contribution in [1.29, 1.82) is 0 Å². The molecule has 2 aliphatic heterocycles. The van der Waals surface area contributed by atoms with E-state index in [0.717, 1.165) is 60.9 Å². The maximum atomic E-state index is 12.2. The van der Waals surface area contributed by atoms with E-state index < -0.39 is 0 Å². The third-order valence-corrected chi connectivity index (χ3v) is 8.48. The third-order valence-electron chi connectivity index (χ3n) is 8.48. The predicted octanol–water partition coefficient (Wildman–Crippen LogP) is 3.28. The quantitative estimate of drug-likeness (QED) is 0.448. The van der Waals surface area contributed by atoms with Crippen molar-refractivity contribution in [3.63, 3.8) is 0 Å². The van der Waals surface area contributed by atoms with Gasteiger partial charge in [0.25, 0.3) is 0 Å². The first-order valence-corrected chi connectivity index (χ1v) is 14.4. The molecule has 2 saturated heterocycles. The second-order valence-electron chi connectivity index (χ2n) is 11.3. The van der Waals surface area contributed by atoms with Crippen LogP contribution >= 0.6 is 0 Å². The fourth-order valence-corrected chi connectivity index (χ4v) is 6.00. The lowest BCUT2D eigenvalue weighted by atomic mass is 9.91. The number of pyridine rings is 2. The van der Waals surface area contributed by atoms with Gasteiger partial charge in [0.1, 0.15) is 0 Å². The molecule has 0 spiro atoms. The first-order chi connectivity index (χ1) is 20.0. The molecule has 10 nitrogen and oxygen atoms in total. The van der Waals surface area contributed by atoms with Crippen molar-refractivity contribution in [2.45, 2.75) is 44.2 Å². The summed E-state index contributed by atoms with van der Waals surface area (Å²) < 4.78 is 18.3. The Bertz CT molecular complexity index is 1420. The van der Waals surface area contributed by atoms with Crippen LogP contribution in [-0.4, -0.2) is 90.7 Å². The number of methoxy groups -OCH3 is 1. The monoisotopic (exact) mass is 559 g/mol. The molecular formula is C31H37N5O5. The smallest absolute Gasteiger partial charge is 0.236 e. The molecule has 1 N–H and O–H groups in total. The van der Waals surface area contributed by atoms with Gasteiger partial charge in [-0.25, -0.2) is 4.98 Å². The molecule has 2 amide bonds. The van der Waals surface area contributed by atoms with E-state index in [4.69, 9.17) is 19.2 Å². The lowest BCUT2D eigenvalue weighted by Gasteiger charge is -2.40. The van der Waals surface area contributed by atoms with Gasteiger partial charge in [-0.15, -0.1) is 0 Å². The average Bonchev–Trinajstić information content (AvgIpc) is 3.42. The van der Waals surface area contributed by atoms with E-state index in [-0.39, 0.29) is 23.8 Å².